The van der Waals surface area contributed by atoms with Crippen LogP contribution >= 0.6 is 0 Å². The molecule has 14 heavy (non-hydrogen) atoms. The fourth-order valence-corrected chi connectivity index (χ4v) is 2.32. The second kappa shape index (κ2) is 2.84. The molecule has 0 unspecified atom stereocenters. The highest BCUT2D eigenvalue weighted by atomic mass is 16.5. The van der Waals surface area contributed by atoms with Gasteiger partial charge in [-0.25, -0.2) is 0 Å². The van der Waals surface area contributed by atoms with E-state index in [4.69, 9.17) is 4.74 Å². The second-order valence-corrected chi connectivity index (χ2v) is 3.99. The summed E-state index contributed by atoms with van der Waals surface area (Å²) >= 11 is 0. The van der Waals surface area contributed by atoms with E-state index >= 15 is 0 Å². The molecule has 1 aliphatic heterocycles. The normalized spacial score (nSPS) is 18.7. The van der Waals surface area contributed by atoms with Crippen molar-refractivity contribution >= 4 is 5.78 Å². The van der Waals surface area contributed by atoms with Gasteiger partial charge in [0.15, 0.2) is 5.78 Å². The van der Waals surface area contributed by atoms with E-state index in [1.807, 2.05) is 6.07 Å². The van der Waals surface area contributed by atoms with Gasteiger partial charge >= 0.3 is 0 Å². The Morgan fingerprint density at radius 1 is 1.07 bits per heavy atom. The summed E-state index contributed by atoms with van der Waals surface area (Å²) in [5.74, 6) is 1.21. The quantitative estimate of drug-likeness (QED) is 0.623. The zero-order valence-electron chi connectivity index (χ0n) is 8.01. The highest BCUT2D eigenvalue weighted by Gasteiger charge is 2.22. The first-order chi connectivity index (χ1) is 6.84. The first-order valence-electron chi connectivity index (χ1n) is 5.16. The predicted octanol–water partition coefficient (Wildman–Crippen LogP) is 2.14. The summed E-state index contributed by atoms with van der Waals surface area (Å²) in [4.78, 5) is 11.6. The number of carbonyl (C=O) groups is 1. The van der Waals surface area contributed by atoms with Crippen molar-refractivity contribution in [3.63, 3.8) is 0 Å². The van der Waals surface area contributed by atoms with Crippen molar-refractivity contribution in [2.75, 3.05) is 6.61 Å². The van der Waals surface area contributed by atoms with Gasteiger partial charge in [-0.2, -0.15) is 0 Å². The maximum Gasteiger partial charge on any atom is 0.163 e. The van der Waals surface area contributed by atoms with Gasteiger partial charge in [-0.3, -0.25) is 4.79 Å². The molecule has 0 saturated carbocycles. The maximum absolute atomic E-state index is 11.6. The van der Waals surface area contributed by atoms with E-state index in [0.717, 1.165) is 37.2 Å². The van der Waals surface area contributed by atoms with Crippen LogP contribution in [0.3, 0.4) is 0 Å². The summed E-state index contributed by atoms with van der Waals surface area (Å²) in [5.41, 5.74) is 3.40. The average molecular weight is 188 g/mol. The fourth-order valence-electron chi connectivity index (χ4n) is 2.32. The van der Waals surface area contributed by atoms with Gasteiger partial charge in [-0.1, -0.05) is 6.07 Å². The molecule has 0 fully saturated rings. The molecule has 1 aromatic carbocycles. The number of hydrogen-bond acceptors (Lipinski definition) is 2. The van der Waals surface area contributed by atoms with Crippen LogP contribution in [0.15, 0.2) is 12.1 Å². The van der Waals surface area contributed by atoms with Crippen LogP contribution < -0.4 is 4.74 Å². The number of hydrogen-bond donors (Lipinski definition) is 0. The molecular formula is C12H12O2. The van der Waals surface area contributed by atoms with Crippen molar-refractivity contribution in [2.45, 2.75) is 25.7 Å². The fraction of sp³-hybridized carbons (Fsp3) is 0.417. The lowest BCUT2D eigenvalue weighted by atomic mass is 9.89. The van der Waals surface area contributed by atoms with Crippen LogP contribution in [0.1, 0.15) is 34.3 Å². The van der Waals surface area contributed by atoms with Gasteiger partial charge in [0, 0.05) is 18.4 Å². The molecule has 0 spiro atoms. The summed E-state index contributed by atoms with van der Waals surface area (Å²) in [5, 5.41) is 0. The number of fused-ring (bicyclic) bond motifs is 2. The molecule has 1 aromatic rings. The lowest BCUT2D eigenvalue weighted by molar-refractivity contribution is 0.0972. The molecule has 72 valence electrons. The Hall–Kier alpha value is -1.31. The zero-order valence-corrected chi connectivity index (χ0v) is 8.01. The van der Waals surface area contributed by atoms with Gasteiger partial charge in [-0.15, -0.1) is 0 Å². The summed E-state index contributed by atoms with van der Waals surface area (Å²) < 4.78 is 5.46. The van der Waals surface area contributed by atoms with Crippen LogP contribution in [0.5, 0.6) is 5.75 Å². The molecule has 0 saturated heterocycles. The van der Waals surface area contributed by atoms with E-state index in [9.17, 15) is 4.79 Å². The Balaban J connectivity index is 2.17. The minimum absolute atomic E-state index is 0.282. The number of benzene rings is 1. The zero-order chi connectivity index (χ0) is 9.54. The Bertz CT molecular complexity index is 407. The van der Waals surface area contributed by atoms with Crippen LogP contribution in [0.25, 0.3) is 0 Å². The summed E-state index contributed by atoms with van der Waals surface area (Å²) in [7, 11) is 0. The highest BCUT2D eigenvalue weighted by Crippen LogP contribution is 2.32. The third-order valence-electron chi connectivity index (χ3n) is 3.07. The van der Waals surface area contributed by atoms with E-state index in [2.05, 4.69) is 6.07 Å². The van der Waals surface area contributed by atoms with Gasteiger partial charge in [0.25, 0.3) is 0 Å². The van der Waals surface area contributed by atoms with E-state index in [1.54, 1.807) is 0 Å². The van der Waals surface area contributed by atoms with Crippen molar-refractivity contribution in [3.8, 4) is 5.75 Å². The lowest BCUT2D eigenvalue weighted by Gasteiger charge is -2.15. The van der Waals surface area contributed by atoms with Gasteiger partial charge < -0.3 is 4.74 Å². The Kier molecular flexibility index (Phi) is 1.63. The van der Waals surface area contributed by atoms with E-state index in [1.165, 1.54) is 11.1 Å². The average Bonchev–Trinajstić information content (AvgIpc) is 2.62. The summed E-state index contributed by atoms with van der Waals surface area (Å²) in [6, 6.07) is 4.11. The third kappa shape index (κ3) is 1.07. The Morgan fingerprint density at radius 3 is 2.93 bits per heavy atom. The molecule has 1 aliphatic carbocycles. The van der Waals surface area contributed by atoms with Crippen LogP contribution in [0, 0.1) is 0 Å². The summed E-state index contributed by atoms with van der Waals surface area (Å²) in [6.07, 6.45) is 3.75. The van der Waals surface area contributed by atoms with Crippen molar-refractivity contribution in [1.29, 1.82) is 0 Å². The van der Waals surface area contributed by atoms with E-state index in [0.29, 0.717) is 6.42 Å². The molecule has 0 aromatic heterocycles. The predicted molar refractivity (Wildman–Crippen MR) is 52.9 cm³/mol. The summed E-state index contributed by atoms with van der Waals surface area (Å²) in [6.45, 7) is 0.770. The largest absolute Gasteiger partial charge is 0.493 e. The molecule has 0 N–H and O–H groups in total. The van der Waals surface area contributed by atoms with E-state index < -0.39 is 0 Å². The number of aryl methyl sites for hydroxylation is 1. The van der Waals surface area contributed by atoms with Crippen LogP contribution in [-0.2, 0) is 12.8 Å². The minimum Gasteiger partial charge on any atom is -0.493 e. The van der Waals surface area contributed by atoms with Crippen LogP contribution in [-0.4, -0.2) is 12.4 Å². The van der Waals surface area contributed by atoms with Gasteiger partial charge in [0.05, 0.1) is 6.61 Å². The monoisotopic (exact) mass is 188 g/mol. The smallest absolute Gasteiger partial charge is 0.163 e. The molecule has 2 nitrogen and oxygen atoms in total. The molecule has 0 radical (unpaired) electrons. The second-order valence-electron chi connectivity index (χ2n) is 3.99. The molecular weight excluding hydrogens is 176 g/mol. The number of rotatable bonds is 0. The van der Waals surface area contributed by atoms with Crippen molar-refractivity contribution in [3.05, 3.63) is 28.8 Å². The molecule has 3 rings (SSSR count). The third-order valence-corrected chi connectivity index (χ3v) is 3.07. The van der Waals surface area contributed by atoms with Crippen LogP contribution in [0.2, 0.25) is 0 Å². The lowest BCUT2D eigenvalue weighted by Crippen LogP contribution is -2.10. The first-order valence-corrected chi connectivity index (χ1v) is 5.16. The van der Waals surface area contributed by atoms with E-state index in [-0.39, 0.29) is 5.78 Å². The molecule has 0 bridgehead atoms. The van der Waals surface area contributed by atoms with Crippen LogP contribution in [0.4, 0.5) is 0 Å². The number of Topliss-reactive ketones (excluding diaryl/α,β-unsaturated/α-hetero) is 1. The van der Waals surface area contributed by atoms with Crippen molar-refractivity contribution in [1.82, 2.24) is 0 Å². The molecule has 1 heterocycles. The maximum atomic E-state index is 11.6. The number of ether oxygens (including phenoxy) is 1. The molecule has 2 heteroatoms. The highest BCUT2D eigenvalue weighted by molar-refractivity contribution is 5.99. The Labute approximate surface area is 82.9 Å². The Morgan fingerprint density at radius 2 is 2.00 bits per heavy atom. The first kappa shape index (κ1) is 8.04. The molecule has 0 amide bonds. The van der Waals surface area contributed by atoms with Gasteiger partial charge in [-0.05, 0) is 30.0 Å². The van der Waals surface area contributed by atoms with Crippen molar-refractivity contribution < 1.29 is 9.53 Å². The number of ketones is 1. The standard InChI is InChI=1S/C12H12O2/c13-11-3-1-2-8-6-9-4-5-14-12(9)7-10(8)11/h6-7H,1-5H2. The topological polar surface area (TPSA) is 26.3 Å². The molecule has 2 aliphatic rings. The number of carbonyl (C=O) groups excluding carboxylic acids is 1. The SMILES string of the molecule is O=C1CCCc2cc3c(cc21)OCC3. The molecule has 0 atom stereocenters. The van der Waals surface area contributed by atoms with Crippen molar-refractivity contribution in [2.24, 2.45) is 0 Å². The van der Waals surface area contributed by atoms with Gasteiger partial charge in [0.2, 0.25) is 0 Å². The minimum atomic E-state index is 0.282. The van der Waals surface area contributed by atoms with Gasteiger partial charge in [0.1, 0.15) is 5.75 Å².